The van der Waals surface area contributed by atoms with Crippen molar-refractivity contribution in [2.24, 2.45) is 0 Å². The van der Waals surface area contributed by atoms with Gasteiger partial charge in [-0.3, -0.25) is 9.69 Å². The molecule has 2 N–H and O–H groups in total. The standard InChI is InChI=1S/C26H38N6O3/c1-27-23-17-24(29-20-28-23)32-14-6-11-26(34,19-32)18-30(2)25(33)21-7-9-22(10-8-21)35-16-15-31-12-4-3-5-13-31/h7-10,17,20,34H,3-6,11-16,18-19H2,1-2H3,(H,27,28,29). The maximum atomic E-state index is 13.1. The molecule has 0 bridgehead atoms. The molecule has 1 amide bonds. The minimum Gasteiger partial charge on any atom is -0.492 e. The fourth-order valence-corrected chi connectivity index (χ4v) is 5.00. The summed E-state index contributed by atoms with van der Waals surface area (Å²) in [6, 6.07) is 9.17. The fourth-order valence-electron chi connectivity index (χ4n) is 5.00. The molecule has 1 aromatic heterocycles. The van der Waals surface area contributed by atoms with Gasteiger partial charge in [0.2, 0.25) is 0 Å². The number of hydrogen-bond donors (Lipinski definition) is 2. The van der Waals surface area contributed by atoms with Crippen molar-refractivity contribution in [3.05, 3.63) is 42.2 Å². The quantitative estimate of drug-likeness (QED) is 0.563. The number of anilines is 2. The highest BCUT2D eigenvalue weighted by atomic mass is 16.5. The van der Waals surface area contributed by atoms with Gasteiger partial charge >= 0.3 is 0 Å². The molecule has 0 spiro atoms. The number of ether oxygens (including phenoxy) is 1. The van der Waals surface area contributed by atoms with E-state index in [0.717, 1.165) is 50.0 Å². The Morgan fingerprint density at radius 2 is 1.91 bits per heavy atom. The molecule has 190 valence electrons. The van der Waals surface area contributed by atoms with Gasteiger partial charge in [-0.25, -0.2) is 9.97 Å². The summed E-state index contributed by atoms with van der Waals surface area (Å²) in [5.74, 6) is 2.16. The number of likely N-dealkylation sites (tertiary alicyclic amines) is 1. The van der Waals surface area contributed by atoms with Gasteiger partial charge in [-0.15, -0.1) is 0 Å². The van der Waals surface area contributed by atoms with Gasteiger partial charge in [-0.05, 0) is 63.0 Å². The lowest BCUT2D eigenvalue weighted by molar-refractivity contribution is -0.000137. The van der Waals surface area contributed by atoms with Crippen LogP contribution in [0.5, 0.6) is 5.75 Å². The Labute approximate surface area is 208 Å². The van der Waals surface area contributed by atoms with Gasteiger partial charge in [-0.1, -0.05) is 6.42 Å². The average Bonchev–Trinajstić information content (AvgIpc) is 2.89. The van der Waals surface area contributed by atoms with Crippen molar-refractivity contribution in [3.63, 3.8) is 0 Å². The first-order valence-corrected chi connectivity index (χ1v) is 12.6. The van der Waals surface area contributed by atoms with Crippen molar-refractivity contribution in [3.8, 4) is 5.75 Å². The summed E-state index contributed by atoms with van der Waals surface area (Å²) >= 11 is 0. The van der Waals surface area contributed by atoms with Gasteiger partial charge < -0.3 is 25.0 Å². The van der Waals surface area contributed by atoms with E-state index in [0.29, 0.717) is 25.1 Å². The molecule has 0 saturated carbocycles. The Balaban J connectivity index is 1.29. The lowest BCUT2D eigenvalue weighted by Gasteiger charge is -2.41. The third-order valence-electron chi connectivity index (χ3n) is 6.89. The predicted octanol–water partition coefficient (Wildman–Crippen LogP) is 2.49. The van der Waals surface area contributed by atoms with E-state index in [1.54, 1.807) is 24.1 Å². The van der Waals surface area contributed by atoms with Crippen LogP contribution in [0, 0.1) is 0 Å². The molecule has 2 fully saturated rings. The summed E-state index contributed by atoms with van der Waals surface area (Å²) in [7, 11) is 3.56. The molecule has 3 heterocycles. The minimum atomic E-state index is -1.01. The molecule has 0 radical (unpaired) electrons. The lowest BCUT2D eigenvalue weighted by atomic mass is 9.92. The zero-order valence-electron chi connectivity index (χ0n) is 20.9. The summed E-state index contributed by atoms with van der Waals surface area (Å²) in [5, 5.41) is 14.3. The van der Waals surface area contributed by atoms with Gasteiger partial charge in [0.25, 0.3) is 5.91 Å². The van der Waals surface area contributed by atoms with E-state index in [1.165, 1.54) is 25.6 Å². The van der Waals surface area contributed by atoms with Crippen molar-refractivity contribution in [2.45, 2.75) is 37.7 Å². The number of carbonyl (C=O) groups is 1. The number of hydrogen-bond acceptors (Lipinski definition) is 8. The van der Waals surface area contributed by atoms with Crippen LogP contribution >= 0.6 is 0 Å². The Kier molecular flexibility index (Phi) is 8.41. The second-order valence-electron chi connectivity index (χ2n) is 9.70. The Hall–Kier alpha value is -2.91. The Morgan fingerprint density at radius 3 is 2.66 bits per heavy atom. The molecule has 1 atom stereocenters. The third kappa shape index (κ3) is 6.82. The summed E-state index contributed by atoms with van der Waals surface area (Å²) in [4.78, 5) is 27.7. The lowest BCUT2D eigenvalue weighted by Crippen LogP contribution is -2.54. The van der Waals surface area contributed by atoms with Crippen LogP contribution in [0.25, 0.3) is 0 Å². The predicted molar refractivity (Wildman–Crippen MR) is 137 cm³/mol. The molecule has 9 nitrogen and oxygen atoms in total. The Morgan fingerprint density at radius 1 is 1.14 bits per heavy atom. The number of amides is 1. The van der Waals surface area contributed by atoms with Crippen LogP contribution in [0.4, 0.5) is 11.6 Å². The summed E-state index contributed by atoms with van der Waals surface area (Å²) in [6.45, 7) is 5.37. The van der Waals surface area contributed by atoms with Gasteiger partial charge in [0, 0.05) is 45.4 Å². The van der Waals surface area contributed by atoms with E-state index in [2.05, 4.69) is 25.1 Å². The van der Waals surface area contributed by atoms with E-state index in [4.69, 9.17) is 4.74 Å². The largest absolute Gasteiger partial charge is 0.492 e. The van der Waals surface area contributed by atoms with E-state index < -0.39 is 5.60 Å². The van der Waals surface area contributed by atoms with E-state index in [1.807, 2.05) is 25.2 Å². The highest BCUT2D eigenvalue weighted by Crippen LogP contribution is 2.27. The monoisotopic (exact) mass is 482 g/mol. The number of β-amino-alcohol motifs (C(OH)–C–C–N with tert-alkyl or cyclic N) is 1. The van der Waals surface area contributed by atoms with Crippen molar-refractivity contribution >= 4 is 17.5 Å². The molecule has 4 rings (SSSR count). The molecule has 2 aromatic rings. The van der Waals surface area contributed by atoms with Crippen molar-refractivity contribution < 1.29 is 14.6 Å². The van der Waals surface area contributed by atoms with Gasteiger partial charge in [0.15, 0.2) is 0 Å². The van der Waals surface area contributed by atoms with Crippen molar-refractivity contribution in [1.29, 1.82) is 0 Å². The topological polar surface area (TPSA) is 94.1 Å². The zero-order valence-corrected chi connectivity index (χ0v) is 20.9. The average molecular weight is 483 g/mol. The molecule has 2 aliphatic heterocycles. The number of likely N-dealkylation sites (N-methyl/N-ethyl adjacent to an activating group) is 1. The van der Waals surface area contributed by atoms with Crippen molar-refractivity contribution in [1.82, 2.24) is 19.8 Å². The van der Waals surface area contributed by atoms with E-state index in [9.17, 15) is 9.90 Å². The van der Waals surface area contributed by atoms with Gasteiger partial charge in [-0.2, -0.15) is 0 Å². The van der Waals surface area contributed by atoms with Crippen molar-refractivity contribution in [2.75, 3.05) is 70.2 Å². The maximum absolute atomic E-state index is 13.1. The molecule has 2 aliphatic rings. The van der Waals surface area contributed by atoms with E-state index >= 15 is 0 Å². The summed E-state index contributed by atoms with van der Waals surface area (Å²) in [6.07, 6.45) is 6.85. The highest BCUT2D eigenvalue weighted by molar-refractivity contribution is 5.94. The van der Waals surface area contributed by atoms with Crippen LogP contribution in [0.1, 0.15) is 42.5 Å². The first-order valence-electron chi connectivity index (χ1n) is 12.6. The van der Waals surface area contributed by atoms with Crippen LogP contribution in [-0.4, -0.2) is 96.4 Å². The number of carbonyl (C=O) groups excluding carboxylic acids is 1. The number of aliphatic hydroxyl groups is 1. The molecule has 35 heavy (non-hydrogen) atoms. The number of piperidine rings is 2. The zero-order chi connectivity index (χ0) is 24.7. The van der Waals surface area contributed by atoms with Gasteiger partial charge in [0.1, 0.15) is 30.3 Å². The van der Waals surface area contributed by atoms with Crippen LogP contribution in [0.15, 0.2) is 36.7 Å². The number of aromatic nitrogens is 2. The summed E-state index contributed by atoms with van der Waals surface area (Å²) < 4.78 is 5.88. The van der Waals surface area contributed by atoms with E-state index in [-0.39, 0.29) is 12.5 Å². The first-order chi connectivity index (χ1) is 17.0. The number of benzene rings is 1. The molecular formula is C26H38N6O3. The molecule has 2 saturated heterocycles. The second kappa shape index (κ2) is 11.7. The van der Waals surface area contributed by atoms with Crippen LogP contribution < -0.4 is 15.0 Å². The number of rotatable bonds is 9. The highest BCUT2D eigenvalue weighted by Gasteiger charge is 2.36. The van der Waals surface area contributed by atoms with Crippen LogP contribution in [-0.2, 0) is 0 Å². The Bertz CT molecular complexity index is 966. The van der Waals surface area contributed by atoms with Crippen LogP contribution in [0.3, 0.4) is 0 Å². The molecule has 9 heteroatoms. The SMILES string of the molecule is CNc1cc(N2CCCC(O)(CN(C)C(=O)c3ccc(OCCN4CCCCC4)cc3)C2)ncn1. The van der Waals surface area contributed by atoms with Crippen LogP contribution in [0.2, 0.25) is 0 Å². The maximum Gasteiger partial charge on any atom is 0.253 e. The molecule has 0 aliphatic carbocycles. The smallest absolute Gasteiger partial charge is 0.253 e. The number of nitrogens with zero attached hydrogens (tertiary/aromatic N) is 5. The van der Waals surface area contributed by atoms with Gasteiger partial charge in [0.05, 0.1) is 12.1 Å². The number of nitrogens with one attached hydrogen (secondary N) is 1. The fraction of sp³-hybridized carbons (Fsp3) is 0.577. The minimum absolute atomic E-state index is 0.116. The summed E-state index contributed by atoms with van der Waals surface area (Å²) in [5.41, 5.74) is -0.424. The first kappa shape index (κ1) is 25.2. The molecule has 1 aromatic carbocycles. The normalized spacial score (nSPS) is 20.9. The second-order valence-corrected chi connectivity index (χ2v) is 9.70. The molecular weight excluding hydrogens is 444 g/mol. The molecule has 1 unspecified atom stereocenters. The third-order valence-corrected chi connectivity index (χ3v) is 6.89.